The lowest BCUT2D eigenvalue weighted by Crippen LogP contribution is -2.25. The van der Waals surface area contributed by atoms with Crippen molar-refractivity contribution in [3.63, 3.8) is 0 Å². The van der Waals surface area contributed by atoms with E-state index in [9.17, 15) is 4.79 Å². The highest BCUT2D eigenvalue weighted by Gasteiger charge is 2.56. The SMILES string of the molecule is CCOC(=O)[C@@]1(C)O[C@@H]1C. The van der Waals surface area contributed by atoms with Crippen LogP contribution < -0.4 is 0 Å². The second kappa shape index (κ2) is 2.23. The fourth-order valence-corrected chi connectivity index (χ4v) is 0.822. The van der Waals surface area contributed by atoms with Crippen LogP contribution in [0.2, 0.25) is 0 Å². The zero-order valence-corrected chi connectivity index (χ0v) is 6.51. The molecule has 0 aromatic carbocycles. The van der Waals surface area contributed by atoms with Gasteiger partial charge in [-0.25, -0.2) is 4.79 Å². The van der Waals surface area contributed by atoms with E-state index in [0.29, 0.717) is 6.61 Å². The standard InChI is InChI=1S/C7H12O3/c1-4-9-6(8)7(3)5(2)10-7/h5H,4H2,1-3H3/t5-,7+/m1/s1. The maximum absolute atomic E-state index is 11.0. The second-order valence-electron chi connectivity index (χ2n) is 2.59. The third-order valence-corrected chi connectivity index (χ3v) is 1.82. The van der Waals surface area contributed by atoms with E-state index < -0.39 is 5.60 Å². The number of hydrogen-bond acceptors (Lipinski definition) is 3. The quantitative estimate of drug-likeness (QED) is 0.423. The van der Waals surface area contributed by atoms with Crippen molar-refractivity contribution in [3.05, 3.63) is 0 Å². The molecule has 0 saturated carbocycles. The average Bonchev–Trinajstić information content (AvgIpc) is 2.43. The lowest BCUT2D eigenvalue weighted by atomic mass is 10.1. The van der Waals surface area contributed by atoms with Gasteiger partial charge in [0.2, 0.25) is 0 Å². The van der Waals surface area contributed by atoms with Crippen LogP contribution in [0.3, 0.4) is 0 Å². The van der Waals surface area contributed by atoms with Crippen molar-refractivity contribution in [2.45, 2.75) is 32.5 Å². The minimum Gasteiger partial charge on any atom is -0.464 e. The topological polar surface area (TPSA) is 38.8 Å². The molecule has 1 rings (SSSR count). The van der Waals surface area contributed by atoms with Crippen LogP contribution in [-0.2, 0) is 14.3 Å². The molecule has 10 heavy (non-hydrogen) atoms. The molecule has 1 fully saturated rings. The highest BCUT2D eigenvalue weighted by Crippen LogP contribution is 2.36. The molecule has 0 aromatic heterocycles. The predicted molar refractivity (Wildman–Crippen MR) is 35.6 cm³/mol. The molecule has 0 amide bonds. The Kier molecular flexibility index (Phi) is 1.68. The lowest BCUT2D eigenvalue weighted by molar-refractivity contribution is -0.148. The number of rotatable bonds is 2. The first-order chi connectivity index (χ1) is 4.61. The van der Waals surface area contributed by atoms with Crippen molar-refractivity contribution in [1.82, 2.24) is 0 Å². The Balaban J connectivity index is 2.43. The van der Waals surface area contributed by atoms with E-state index >= 15 is 0 Å². The molecule has 0 bridgehead atoms. The summed E-state index contributed by atoms with van der Waals surface area (Å²) in [6, 6.07) is 0. The van der Waals surface area contributed by atoms with Crippen molar-refractivity contribution >= 4 is 5.97 Å². The van der Waals surface area contributed by atoms with Crippen molar-refractivity contribution in [2.75, 3.05) is 6.61 Å². The Bertz CT molecular complexity index is 155. The van der Waals surface area contributed by atoms with Crippen molar-refractivity contribution in [2.24, 2.45) is 0 Å². The Labute approximate surface area is 60.3 Å². The smallest absolute Gasteiger partial charge is 0.340 e. The first-order valence-corrected chi connectivity index (χ1v) is 3.46. The summed E-state index contributed by atoms with van der Waals surface area (Å²) in [6.45, 7) is 5.81. The molecule has 1 aliphatic heterocycles. The van der Waals surface area contributed by atoms with E-state index in [1.165, 1.54) is 0 Å². The van der Waals surface area contributed by atoms with Crippen molar-refractivity contribution in [1.29, 1.82) is 0 Å². The minimum atomic E-state index is -0.643. The molecule has 3 nitrogen and oxygen atoms in total. The second-order valence-corrected chi connectivity index (χ2v) is 2.59. The monoisotopic (exact) mass is 144 g/mol. The molecule has 0 N–H and O–H groups in total. The Morgan fingerprint density at radius 2 is 2.30 bits per heavy atom. The molecule has 0 spiro atoms. The molecular weight excluding hydrogens is 132 g/mol. The van der Waals surface area contributed by atoms with Gasteiger partial charge in [0.25, 0.3) is 0 Å². The fraction of sp³-hybridized carbons (Fsp3) is 0.857. The summed E-state index contributed by atoms with van der Waals surface area (Å²) in [5.41, 5.74) is -0.643. The van der Waals surface area contributed by atoms with Crippen LogP contribution in [0.5, 0.6) is 0 Å². The number of epoxide rings is 1. The van der Waals surface area contributed by atoms with Crippen LogP contribution in [0.25, 0.3) is 0 Å². The molecule has 2 atom stereocenters. The summed E-state index contributed by atoms with van der Waals surface area (Å²) in [5, 5.41) is 0. The van der Waals surface area contributed by atoms with Gasteiger partial charge in [-0.05, 0) is 20.8 Å². The van der Waals surface area contributed by atoms with Crippen molar-refractivity contribution < 1.29 is 14.3 Å². The molecule has 58 valence electrons. The first kappa shape index (κ1) is 7.54. The van der Waals surface area contributed by atoms with E-state index in [2.05, 4.69) is 0 Å². The summed E-state index contributed by atoms with van der Waals surface area (Å²) in [4.78, 5) is 11.0. The van der Waals surface area contributed by atoms with Gasteiger partial charge >= 0.3 is 5.97 Å². The van der Waals surface area contributed by atoms with Gasteiger partial charge in [-0.1, -0.05) is 0 Å². The summed E-state index contributed by atoms with van der Waals surface area (Å²) in [5.74, 6) is -0.248. The lowest BCUT2D eigenvalue weighted by Gasteiger charge is -2.03. The van der Waals surface area contributed by atoms with Crippen molar-refractivity contribution in [3.8, 4) is 0 Å². The van der Waals surface area contributed by atoms with Gasteiger partial charge in [0.1, 0.15) is 0 Å². The van der Waals surface area contributed by atoms with Crippen LogP contribution in [0.15, 0.2) is 0 Å². The maximum atomic E-state index is 11.0. The van der Waals surface area contributed by atoms with Gasteiger partial charge in [0, 0.05) is 0 Å². The van der Waals surface area contributed by atoms with E-state index in [1.807, 2.05) is 6.92 Å². The van der Waals surface area contributed by atoms with Gasteiger partial charge < -0.3 is 9.47 Å². The maximum Gasteiger partial charge on any atom is 0.340 e. The molecule has 1 heterocycles. The fourth-order valence-electron chi connectivity index (χ4n) is 0.822. The Morgan fingerprint density at radius 1 is 1.80 bits per heavy atom. The highest BCUT2D eigenvalue weighted by molar-refractivity contribution is 5.82. The molecule has 0 radical (unpaired) electrons. The van der Waals surface area contributed by atoms with Crippen LogP contribution in [0.4, 0.5) is 0 Å². The summed E-state index contributed by atoms with van der Waals surface area (Å²) < 4.78 is 9.82. The molecular formula is C7H12O3. The third kappa shape index (κ3) is 1.01. The molecule has 1 saturated heterocycles. The van der Waals surface area contributed by atoms with E-state index in [0.717, 1.165) is 0 Å². The van der Waals surface area contributed by atoms with Gasteiger partial charge in [-0.3, -0.25) is 0 Å². The summed E-state index contributed by atoms with van der Waals surface area (Å²) in [6.07, 6.45) is 0.0200. The van der Waals surface area contributed by atoms with E-state index in [-0.39, 0.29) is 12.1 Å². The number of ether oxygens (including phenoxy) is 2. The van der Waals surface area contributed by atoms with Gasteiger partial charge in [-0.2, -0.15) is 0 Å². The number of carbonyl (C=O) groups excluding carboxylic acids is 1. The molecule has 1 aliphatic rings. The number of carbonyl (C=O) groups is 1. The number of hydrogen-bond donors (Lipinski definition) is 0. The zero-order chi connectivity index (χ0) is 7.78. The first-order valence-electron chi connectivity index (χ1n) is 3.46. The predicted octanol–water partition coefficient (Wildman–Crippen LogP) is 0.727. The van der Waals surface area contributed by atoms with Crippen LogP contribution in [0, 0.1) is 0 Å². The third-order valence-electron chi connectivity index (χ3n) is 1.82. The van der Waals surface area contributed by atoms with Gasteiger partial charge in [0.15, 0.2) is 5.60 Å². The van der Waals surface area contributed by atoms with Crippen LogP contribution in [-0.4, -0.2) is 24.3 Å². The summed E-state index contributed by atoms with van der Waals surface area (Å²) >= 11 is 0. The number of esters is 1. The largest absolute Gasteiger partial charge is 0.464 e. The zero-order valence-electron chi connectivity index (χ0n) is 6.51. The Hall–Kier alpha value is -0.570. The molecule has 3 heteroatoms. The molecule has 0 aliphatic carbocycles. The summed E-state index contributed by atoms with van der Waals surface area (Å²) in [7, 11) is 0. The van der Waals surface area contributed by atoms with Crippen LogP contribution in [0.1, 0.15) is 20.8 Å². The van der Waals surface area contributed by atoms with E-state index in [1.54, 1.807) is 13.8 Å². The van der Waals surface area contributed by atoms with Gasteiger partial charge in [-0.15, -0.1) is 0 Å². The highest BCUT2D eigenvalue weighted by atomic mass is 16.7. The minimum absolute atomic E-state index is 0.0200. The average molecular weight is 144 g/mol. The normalized spacial score (nSPS) is 37.3. The van der Waals surface area contributed by atoms with Crippen LogP contribution >= 0.6 is 0 Å². The van der Waals surface area contributed by atoms with E-state index in [4.69, 9.17) is 9.47 Å². The molecule has 0 unspecified atom stereocenters. The Morgan fingerprint density at radius 3 is 2.60 bits per heavy atom. The molecule has 0 aromatic rings. The van der Waals surface area contributed by atoms with Gasteiger partial charge in [0.05, 0.1) is 12.7 Å².